The zero-order valence-electron chi connectivity index (χ0n) is 6.24. The summed E-state index contributed by atoms with van der Waals surface area (Å²) in [5.74, 6) is 0. The number of nitrogens with one attached hydrogen (secondary N) is 2. The van der Waals surface area contributed by atoms with Crippen molar-refractivity contribution in [1.82, 2.24) is 20.4 Å². The van der Waals surface area contributed by atoms with Crippen molar-refractivity contribution in [2.45, 2.75) is 6.29 Å². The third-order valence-corrected chi connectivity index (χ3v) is 1.88. The van der Waals surface area contributed by atoms with E-state index in [0.717, 1.165) is 0 Å². The van der Waals surface area contributed by atoms with Crippen molar-refractivity contribution in [3.63, 3.8) is 0 Å². The summed E-state index contributed by atoms with van der Waals surface area (Å²) in [4.78, 5) is 14.8. The van der Waals surface area contributed by atoms with Crippen molar-refractivity contribution in [3.05, 3.63) is 12.4 Å². The van der Waals surface area contributed by atoms with Crippen molar-refractivity contribution >= 4 is 6.03 Å². The second-order valence-electron chi connectivity index (χ2n) is 2.66. The molecule has 60 valence electrons. The smallest absolute Gasteiger partial charge is 0.319 e. The van der Waals surface area contributed by atoms with Gasteiger partial charge in [0.15, 0.2) is 6.29 Å². The molecule has 0 saturated carbocycles. The fraction of sp³-hybridized carbons (Fsp3) is 0.500. The van der Waals surface area contributed by atoms with Crippen LogP contribution in [-0.4, -0.2) is 35.8 Å². The Morgan fingerprint density at radius 3 is 3.27 bits per heavy atom. The maximum atomic E-state index is 10.8. The number of fused-ring (bicyclic) bond motifs is 1. The van der Waals surface area contributed by atoms with Crippen LogP contribution in [0.2, 0.25) is 0 Å². The summed E-state index contributed by atoms with van der Waals surface area (Å²) in [5.41, 5.74) is 0. The summed E-state index contributed by atoms with van der Waals surface area (Å²) in [6.45, 7) is 0.581. The van der Waals surface area contributed by atoms with Gasteiger partial charge in [-0.1, -0.05) is 0 Å². The van der Waals surface area contributed by atoms with Gasteiger partial charge in [0.1, 0.15) is 0 Å². The molecule has 0 spiro atoms. The summed E-state index contributed by atoms with van der Waals surface area (Å²) >= 11 is 0. The highest BCUT2D eigenvalue weighted by molar-refractivity contribution is 5.74. The van der Waals surface area contributed by atoms with Crippen molar-refractivity contribution in [1.29, 1.82) is 0 Å². The molecule has 1 saturated heterocycles. The quantitative estimate of drug-likeness (QED) is 0.483. The lowest BCUT2D eigenvalue weighted by Crippen LogP contribution is -2.61. The first-order chi connectivity index (χ1) is 5.27. The van der Waals surface area contributed by atoms with Crippen molar-refractivity contribution in [3.8, 4) is 0 Å². The van der Waals surface area contributed by atoms with Crippen LogP contribution < -0.4 is 10.6 Å². The summed E-state index contributed by atoms with van der Waals surface area (Å²) in [6.07, 6.45) is 3.87. The zero-order chi connectivity index (χ0) is 7.84. The van der Waals surface area contributed by atoms with Crippen molar-refractivity contribution in [2.24, 2.45) is 0 Å². The third kappa shape index (κ3) is 0.886. The summed E-state index contributed by atoms with van der Waals surface area (Å²) < 4.78 is 0. The highest BCUT2D eigenvalue weighted by atomic mass is 16.2. The summed E-state index contributed by atoms with van der Waals surface area (Å²) in [6, 6.07) is -0.109. The first-order valence-electron chi connectivity index (χ1n) is 3.48. The molecule has 1 atom stereocenters. The minimum Gasteiger partial charge on any atom is -0.342 e. The van der Waals surface area contributed by atoms with E-state index in [0.29, 0.717) is 6.67 Å². The van der Waals surface area contributed by atoms with E-state index >= 15 is 0 Å². The van der Waals surface area contributed by atoms with E-state index in [2.05, 4.69) is 10.6 Å². The molecule has 0 radical (unpaired) electrons. The molecule has 2 heterocycles. The molecule has 1 unspecified atom stereocenters. The Hall–Kier alpha value is -1.39. The van der Waals surface area contributed by atoms with Gasteiger partial charge in [0.2, 0.25) is 0 Å². The maximum Gasteiger partial charge on any atom is 0.319 e. The van der Waals surface area contributed by atoms with E-state index in [-0.39, 0.29) is 12.3 Å². The van der Waals surface area contributed by atoms with Crippen LogP contribution in [0, 0.1) is 0 Å². The molecule has 2 aliphatic heterocycles. The number of rotatable bonds is 0. The fourth-order valence-electron chi connectivity index (χ4n) is 1.24. The van der Waals surface area contributed by atoms with Gasteiger partial charge in [-0.2, -0.15) is 0 Å². The van der Waals surface area contributed by atoms with Gasteiger partial charge in [-0.05, 0) is 0 Å². The highest BCUT2D eigenvalue weighted by Gasteiger charge is 2.28. The monoisotopic (exact) mass is 154 g/mol. The van der Waals surface area contributed by atoms with Gasteiger partial charge >= 0.3 is 6.03 Å². The van der Waals surface area contributed by atoms with E-state index < -0.39 is 0 Å². The molecule has 1 fully saturated rings. The molecule has 0 aromatic rings. The first kappa shape index (κ1) is 6.33. The Kier molecular flexibility index (Phi) is 1.18. The Balaban J connectivity index is 2.11. The maximum absolute atomic E-state index is 10.8. The second-order valence-corrected chi connectivity index (χ2v) is 2.66. The van der Waals surface area contributed by atoms with Crippen molar-refractivity contribution < 1.29 is 4.79 Å². The molecule has 0 bridgehead atoms. The lowest BCUT2D eigenvalue weighted by molar-refractivity contribution is 0.112. The molecule has 0 aromatic heterocycles. The van der Waals surface area contributed by atoms with Crippen LogP contribution in [0.4, 0.5) is 4.79 Å². The van der Waals surface area contributed by atoms with Gasteiger partial charge in [0.25, 0.3) is 0 Å². The van der Waals surface area contributed by atoms with Gasteiger partial charge < -0.3 is 20.4 Å². The lowest BCUT2D eigenvalue weighted by atomic mass is 10.6. The van der Waals surface area contributed by atoms with Crippen molar-refractivity contribution in [2.75, 3.05) is 13.7 Å². The number of urea groups is 1. The van der Waals surface area contributed by atoms with Crippen LogP contribution >= 0.6 is 0 Å². The van der Waals surface area contributed by atoms with Gasteiger partial charge in [0, 0.05) is 19.4 Å². The van der Waals surface area contributed by atoms with Crippen LogP contribution in [-0.2, 0) is 0 Å². The van der Waals surface area contributed by atoms with E-state index in [1.807, 2.05) is 29.2 Å². The molecular weight excluding hydrogens is 144 g/mol. The fourth-order valence-corrected chi connectivity index (χ4v) is 1.24. The largest absolute Gasteiger partial charge is 0.342 e. The molecule has 2 N–H and O–H groups in total. The summed E-state index contributed by atoms with van der Waals surface area (Å²) in [7, 11) is 1.92. The molecule has 5 heteroatoms. The van der Waals surface area contributed by atoms with Crippen LogP contribution in [0.5, 0.6) is 0 Å². The molecule has 11 heavy (non-hydrogen) atoms. The molecule has 2 amide bonds. The highest BCUT2D eigenvalue weighted by Crippen LogP contribution is 2.11. The predicted molar refractivity (Wildman–Crippen MR) is 39.1 cm³/mol. The van der Waals surface area contributed by atoms with E-state index in [1.165, 1.54) is 0 Å². The van der Waals surface area contributed by atoms with Crippen LogP contribution in [0.25, 0.3) is 0 Å². The number of carbonyl (C=O) groups excluding carboxylic acids is 1. The number of amides is 2. The predicted octanol–water partition coefficient (Wildman–Crippen LogP) is -0.741. The number of hydrogen-bond donors (Lipinski definition) is 2. The Morgan fingerprint density at radius 2 is 2.45 bits per heavy atom. The second kappa shape index (κ2) is 2.05. The molecule has 0 aliphatic carbocycles. The first-order valence-corrected chi connectivity index (χ1v) is 3.48. The van der Waals surface area contributed by atoms with Gasteiger partial charge in [0.05, 0.1) is 6.67 Å². The zero-order valence-corrected chi connectivity index (χ0v) is 6.24. The van der Waals surface area contributed by atoms with Gasteiger partial charge in [-0.15, -0.1) is 0 Å². The van der Waals surface area contributed by atoms with Crippen LogP contribution in [0.15, 0.2) is 12.4 Å². The third-order valence-electron chi connectivity index (χ3n) is 1.88. The lowest BCUT2D eigenvalue weighted by Gasteiger charge is -2.34. The van der Waals surface area contributed by atoms with E-state index in [9.17, 15) is 4.79 Å². The molecule has 5 nitrogen and oxygen atoms in total. The normalized spacial score (nSPS) is 28.1. The number of nitrogens with zero attached hydrogens (tertiary/aromatic N) is 2. The number of hydrogen-bond acceptors (Lipinski definition) is 3. The molecular formula is C6H10N4O. The van der Waals surface area contributed by atoms with Crippen LogP contribution in [0.1, 0.15) is 0 Å². The Labute approximate surface area is 64.6 Å². The average molecular weight is 154 g/mol. The minimum absolute atomic E-state index is 0.00347. The number of carbonyl (C=O) groups is 1. The molecule has 2 rings (SSSR count). The topological polar surface area (TPSA) is 47.6 Å². The van der Waals surface area contributed by atoms with E-state index in [1.54, 1.807) is 0 Å². The Morgan fingerprint density at radius 1 is 1.64 bits per heavy atom. The van der Waals surface area contributed by atoms with Gasteiger partial charge in [-0.25, -0.2) is 4.79 Å². The van der Waals surface area contributed by atoms with Gasteiger partial charge in [-0.3, -0.25) is 0 Å². The Bertz CT molecular complexity index is 215. The summed E-state index contributed by atoms with van der Waals surface area (Å²) in [5, 5.41) is 5.44. The minimum atomic E-state index is -0.109. The van der Waals surface area contributed by atoms with Crippen LogP contribution in [0.3, 0.4) is 0 Å². The molecule has 0 aromatic carbocycles. The molecule has 2 aliphatic rings. The SMILES string of the molecule is CN1C=CN2CNC(=O)NC12. The average Bonchev–Trinajstić information content (AvgIpc) is 2.33. The van der Waals surface area contributed by atoms with E-state index in [4.69, 9.17) is 0 Å². The standard InChI is InChI=1S/C6H10N4O/c1-9-2-3-10-4-7-5(11)8-6(9)10/h2-3,6H,4H2,1H3,(H2,7,8,11).